The van der Waals surface area contributed by atoms with Crippen molar-refractivity contribution in [3.63, 3.8) is 0 Å². The third-order valence-corrected chi connectivity index (χ3v) is 13.0. The van der Waals surface area contributed by atoms with Crippen molar-refractivity contribution in [2.24, 2.45) is 5.73 Å². The smallest absolute Gasteiger partial charge is 0.408 e. The number of rotatable bonds is 18. The molecule has 0 unspecified atom stereocenters. The second-order valence-corrected chi connectivity index (χ2v) is 18.9. The van der Waals surface area contributed by atoms with Crippen LogP contribution in [0.3, 0.4) is 0 Å². The number of amides is 2. The summed E-state index contributed by atoms with van der Waals surface area (Å²) in [7, 11) is -5.16. The number of primary amides is 1. The third-order valence-electron chi connectivity index (χ3n) is 8.67. The molecule has 4 N–H and O–H groups in total. The van der Waals surface area contributed by atoms with E-state index in [1.165, 1.54) is 25.1 Å². The van der Waals surface area contributed by atoms with E-state index in [9.17, 15) is 18.0 Å². The van der Waals surface area contributed by atoms with E-state index >= 15 is 8.42 Å². The maximum Gasteiger partial charge on any atom is 0.408 e. The highest BCUT2D eigenvalue weighted by Gasteiger charge is 2.38. The van der Waals surface area contributed by atoms with E-state index in [-0.39, 0.29) is 34.6 Å². The number of ether oxygens (including phenoxy) is 4. The molecule has 4 aromatic carbocycles. The Morgan fingerprint density at radius 1 is 0.800 bits per heavy atom. The summed E-state index contributed by atoms with van der Waals surface area (Å²) >= 11 is 1.89. The zero-order valence-electron chi connectivity index (χ0n) is 33.6. The molecule has 0 aliphatic rings. The molecule has 0 aliphatic heterocycles. The van der Waals surface area contributed by atoms with E-state index < -0.39 is 60.0 Å². The van der Waals surface area contributed by atoms with Crippen molar-refractivity contribution in [3.8, 4) is 28.6 Å². The number of nitrogens with one attached hydrogen (secondary N) is 2. The number of sulfonamides is 2. The van der Waals surface area contributed by atoms with Crippen molar-refractivity contribution < 1.29 is 45.4 Å². The van der Waals surface area contributed by atoms with Gasteiger partial charge in [-0.05, 0) is 114 Å². The number of nitrogens with two attached hydrogens (primary N) is 1. The molecular formula is C39H45IN8O10S2. The van der Waals surface area contributed by atoms with Crippen LogP contribution in [0.2, 0.25) is 0 Å². The lowest BCUT2D eigenvalue weighted by molar-refractivity contribution is -0.119. The van der Waals surface area contributed by atoms with Crippen LogP contribution in [-0.2, 0) is 49.2 Å². The average Bonchev–Trinajstić information content (AvgIpc) is 3.66. The van der Waals surface area contributed by atoms with E-state index in [1.807, 2.05) is 22.6 Å². The second kappa shape index (κ2) is 19.4. The Morgan fingerprint density at radius 3 is 1.77 bits per heavy atom. The van der Waals surface area contributed by atoms with Gasteiger partial charge in [-0.2, -0.15) is 9.10 Å². The van der Waals surface area contributed by atoms with E-state index in [2.05, 4.69) is 25.4 Å². The van der Waals surface area contributed by atoms with Gasteiger partial charge in [0, 0.05) is 23.2 Å². The zero-order chi connectivity index (χ0) is 43.8. The first-order valence-corrected chi connectivity index (χ1v) is 22.1. The maximum atomic E-state index is 15.4. The molecule has 320 valence electrons. The number of aromatic nitrogens is 4. The summed E-state index contributed by atoms with van der Waals surface area (Å²) in [4.78, 5) is 24.8. The number of nitrogens with zero attached hydrogens (tertiary/aromatic N) is 5. The Kier molecular flexibility index (Phi) is 14.7. The number of alkyl carbamates (subject to hydrolysis) is 1. The molecule has 18 nitrogen and oxygen atoms in total. The molecule has 0 saturated heterocycles. The monoisotopic (exact) mass is 976 g/mol. The number of hydrogen-bond donors (Lipinski definition) is 3. The van der Waals surface area contributed by atoms with E-state index in [0.29, 0.717) is 28.4 Å². The van der Waals surface area contributed by atoms with Crippen molar-refractivity contribution in [1.29, 1.82) is 0 Å². The summed E-state index contributed by atoms with van der Waals surface area (Å²) in [5, 5.41) is 15.1. The van der Waals surface area contributed by atoms with Crippen LogP contribution in [-0.4, -0.2) is 92.9 Å². The van der Waals surface area contributed by atoms with E-state index in [0.717, 1.165) is 15.9 Å². The van der Waals surface area contributed by atoms with E-state index in [4.69, 9.17) is 24.7 Å². The summed E-state index contributed by atoms with van der Waals surface area (Å²) < 4.78 is 84.4. The topological polar surface area (TPSA) is 236 Å². The molecule has 1 heterocycles. The third kappa shape index (κ3) is 11.7. The fourth-order valence-electron chi connectivity index (χ4n) is 5.69. The lowest BCUT2D eigenvalue weighted by Gasteiger charge is -2.26. The van der Waals surface area contributed by atoms with Crippen LogP contribution < -0.4 is 30.0 Å². The van der Waals surface area contributed by atoms with Crippen molar-refractivity contribution in [1.82, 2.24) is 34.6 Å². The second-order valence-electron chi connectivity index (χ2n) is 14.2. The Hall–Kier alpha value is -5.36. The molecule has 0 radical (unpaired) electrons. The highest BCUT2D eigenvalue weighted by Crippen LogP contribution is 2.38. The fourth-order valence-corrected chi connectivity index (χ4v) is 10.0. The fraction of sp³-hybridized carbons (Fsp3) is 0.308. The molecule has 21 heteroatoms. The normalized spacial score (nSPS) is 12.5. The maximum absolute atomic E-state index is 15.4. The number of hydrogen-bond acceptors (Lipinski definition) is 13. The molecule has 0 saturated carbocycles. The predicted octanol–water partition coefficient (Wildman–Crippen LogP) is 4.07. The number of carbonyl (C=O) groups is 2. The van der Waals surface area contributed by atoms with Crippen LogP contribution in [0.1, 0.15) is 37.5 Å². The predicted molar refractivity (Wildman–Crippen MR) is 228 cm³/mol. The summed E-state index contributed by atoms with van der Waals surface area (Å²) in [5.41, 5.74) is 6.34. The van der Waals surface area contributed by atoms with Gasteiger partial charge in [-0.15, -0.1) is 10.2 Å². The molecule has 1 aromatic heterocycles. The van der Waals surface area contributed by atoms with Gasteiger partial charge in [-0.3, -0.25) is 4.79 Å². The van der Waals surface area contributed by atoms with Gasteiger partial charge in [0.25, 0.3) is 0 Å². The number of tetrazole rings is 1. The van der Waals surface area contributed by atoms with E-state index in [1.54, 1.807) is 101 Å². The lowest BCUT2D eigenvalue weighted by Crippen LogP contribution is -2.52. The summed E-state index contributed by atoms with van der Waals surface area (Å²) in [6, 6.07) is 21.5. The van der Waals surface area contributed by atoms with Crippen LogP contribution in [0.15, 0.2) is 94.7 Å². The van der Waals surface area contributed by atoms with Gasteiger partial charge in [-0.1, -0.05) is 36.4 Å². The molecule has 5 rings (SSSR count). The molecule has 1 atom stereocenters. The lowest BCUT2D eigenvalue weighted by atomic mass is 10.2. The van der Waals surface area contributed by atoms with Crippen molar-refractivity contribution in [2.45, 2.75) is 61.8 Å². The van der Waals surface area contributed by atoms with Gasteiger partial charge in [0.2, 0.25) is 31.8 Å². The Balaban J connectivity index is 1.66. The van der Waals surface area contributed by atoms with Crippen molar-refractivity contribution in [3.05, 3.63) is 105 Å². The van der Waals surface area contributed by atoms with Gasteiger partial charge in [0.15, 0.2) is 0 Å². The Morgan fingerprint density at radius 2 is 1.30 bits per heavy atom. The molecule has 2 amide bonds. The van der Waals surface area contributed by atoms with Crippen LogP contribution in [0.5, 0.6) is 17.2 Å². The highest BCUT2D eigenvalue weighted by atomic mass is 127. The SMILES string of the molecule is COc1ccc(CN(Cc2ccc(OC)cc2)S(=O)(=O)c2c(S(=O)(=O)NC[C@@H](NC(=O)OC(C)(C)C)C(N)=O)ccc(I)c2-c2nnn(Cc3ccc(OC)cc3)n2)cc1. The largest absolute Gasteiger partial charge is 0.497 e. The van der Waals surface area contributed by atoms with Gasteiger partial charge < -0.3 is 30.0 Å². The standard InChI is InChI=1S/C39H45IN8O10S2/c1-39(2,3)58-38(50)43-32(36(41)49)21-42-59(51,52)33-20-19-31(40)34(37-44-46-48(45-37)24-27-11-17-30(57-6)18-12-27)35(33)60(53,54)47(22-25-7-13-28(55-4)14-8-25)23-26-9-15-29(56-5)16-10-26/h7-20,32,42H,21-24H2,1-6H3,(H2,41,49)(H,43,50)/t32-/m1/s1. The Labute approximate surface area is 362 Å². The van der Waals surface area contributed by atoms with Crippen LogP contribution in [0, 0.1) is 3.57 Å². The van der Waals surface area contributed by atoms with Gasteiger partial charge in [-0.25, -0.2) is 26.4 Å². The molecule has 0 fully saturated rings. The summed E-state index contributed by atoms with van der Waals surface area (Å²) in [6.07, 6.45) is -1.03. The number of carbonyl (C=O) groups excluding carboxylic acids is 2. The summed E-state index contributed by atoms with van der Waals surface area (Å²) in [5.74, 6) is 0.462. The summed E-state index contributed by atoms with van der Waals surface area (Å²) in [6.45, 7) is 3.76. The minimum Gasteiger partial charge on any atom is -0.497 e. The average molecular weight is 977 g/mol. The van der Waals surface area contributed by atoms with Gasteiger partial charge in [0.05, 0.1) is 33.4 Å². The zero-order valence-corrected chi connectivity index (χ0v) is 37.4. The minimum atomic E-state index is -4.86. The first-order valence-electron chi connectivity index (χ1n) is 18.1. The molecule has 60 heavy (non-hydrogen) atoms. The van der Waals surface area contributed by atoms with Crippen LogP contribution in [0.4, 0.5) is 4.79 Å². The van der Waals surface area contributed by atoms with Gasteiger partial charge >= 0.3 is 6.09 Å². The minimum absolute atomic E-state index is 0.134. The molecule has 0 bridgehead atoms. The molecular weight excluding hydrogens is 932 g/mol. The Bertz CT molecular complexity index is 2460. The molecule has 5 aromatic rings. The first-order chi connectivity index (χ1) is 28.3. The van der Waals surface area contributed by atoms with Gasteiger partial charge in [0.1, 0.15) is 38.7 Å². The van der Waals surface area contributed by atoms with Crippen molar-refractivity contribution in [2.75, 3.05) is 27.9 Å². The van der Waals surface area contributed by atoms with Crippen LogP contribution in [0.25, 0.3) is 11.4 Å². The molecule has 0 spiro atoms. The first kappa shape index (κ1) is 45.7. The van der Waals surface area contributed by atoms with Crippen molar-refractivity contribution >= 4 is 54.6 Å². The number of benzene rings is 4. The number of halogens is 1. The quantitative estimate of drug-likeness (QED) is 0.105. The van der Waals surface area contributed by atoms with Crippen LogP contribution >= 0.6 is 22.6 Å². The number of methoxy groups -OCH3 is 3. The highest BCUT2D eigenvalue weighted by molar-refractivity contribution is 14.1. The molecule has 0 aliphatic carbocycles.